The van der Waals surface area contributed by atoms with Gasteiger partial charge in [0.15, 0.2) is 0 Å². The molecular formula is C23H28FNOS. The fourth-order valence-corrected chi connectivity index (χ4v) is 4.46. The molecule has 1 atom stereocenters. The van der Waals surface area contributed by atoms with Crippen molar-refractivity contribution in [3.8, 4) is 0 Å². The maximum absolute atomic E-state index is 13.2. The lowest BCUT2D eigenvalue weighted by Crippen LogP contribution is -2.35. The Labute approximate surface area is 166 Å². The zero-order valence-corrected chi connectivity index (χ0v) is 17.0. The normalized spacial score (nSPS) is 17.8. The molecule has 1 fully saturated rings. The average Bonchev–Trinajstić information content (AvgIpc) is 2.90. The van der Waals surface area contributed by atoms with E-state index in [4.69, 9.17) is 0 Å². The zero-order chi connectivity index (χ0) is 19.2. The molecule has 0 radical (unpaired) electrons. The van der Waals surface area contributed by atoms with Gasteiger partial charge in [-0.15, -0.1) is 11.8 Å². The van der Waals surface area contributed by atoms with Crippen LogP contribution in [0.3, 0.4) is 0 Å². The summed E-state index contributed by atoms with van der Waals surface area (Å²) in [6.45, 7) is 5.90. The van der Waals surface area contributed by atoms with Crippen molar-refractivity contribution in [1.29, 1.82) is 0 Å². The molecule has 1 unspecified atom stereocenters. The first-order valence-corrected chi connectivity index (χ1v) is 10.7. The van der Waals surface area contributed by atoms with E-state index in [1.54, 1.807) is 0 Å². The number of hydrogen-bond acceptors (Lipinski definition) is 2. The van der Waals surface area contributed by atoms with Crippen molar-refractivity contribution in [1.82, 2.24) is 4.90 Å². The molecule has 0 N–H and O–H groups in total. The minimum Gasteiger partial charge on any atom is -0.342 e. The van der Waals surface area contributed by atoms with Crippen molar-refractivity contribution < 1.29 is 9.18 Å². The van der Waals surface area contributed by atoms with Crippen LogP contribution >= 0.6 is 11.8 Å². The number of rotatable bonds is 5. The third-order valence-electron chi connectivity index (χ3n) is 5.02. The van der Waals surface area contributed by atoms with Crippen molar-refractivity contribution in [3.05, 3.63) is 65.5 Å². The number of thioether (sulfide) groups is 1. The molecule has 0 aromatic heterocycles. The van der Waals surface area contributed by atoms with Crippen LogP contribution in [-0.4, -0.2) is 29.1 Å². The van der Waals surface area contributed by atoms with Crippen LogP contribution < -0.4 is 0 Å². The highest BCUT2D eigenvalue weighted by Crippen LogP contribution is 2.27. The van der Waals surface area contributed by atoms with Gasteiger partial charge in [-0.05, 0) is 48.2 Å². The van der Waals surface area contributed by atoms with Gasteiger partial charge in [0.05, 0.1) is 6.42 Å². The lowest BCUT2D eigenvalue weighted by atomic mass is 9.94. The van der Waals surface area contributed by atoms with Crippen LogP contribution in [0.15, 0.2) is 53.4 Å². The molecule has 0 saturated carbocycles. The lowest BCUT2D eigenvalue weighted by molar-refractivity contribution is -0.130. The fraction of sp³-hybridized carbons (Fsp3) is 0.435. The third kappa shape index (κ3) is 5.83. The van der Waals surface area contributed by atoms with Gasteiger partial charge in [0.2, 0.25) is 5.91 Å². The number of likely N-dealkylation sites (tertiary alicyclic amines) is 1. The Morgan fingerprint density at radius 1 is 1.11 bits per heavy atom. The summed E-state index contributed by atoms with van der Waals surface area (Å²) in [6.07, 6.45) is 3.64. The van der Waals surface area contributed by atoms with E-state index in [-0.39, 0.29) is 11.7 Å². The van der Waals surface area contributed by atoms with Gasteiger partial charge in [-0.2, -0.15) is 0 Å². The number of amides is 1. The van der Waals surface area contributed by atoms with Gasteiger partial charge in [-0.25, -0.2) is 4.39 Å². The number of benzene rings is 2. The highest BCUT2D eigenvalue weighted by molar-refractivity contribution is 7.99. The molecular weight excluding hydrogens is 357 g/mol. The molecule has 144 valence electrons. The molecule has 1 aliphatic heterocycles. The van der Waals surface area contributed by atoms with Crippen molar-refractivity contribution in [3.63, 3.8) is 0 Å². The van der Waals surface area contributed by atoms with Gasteiger partial charge in [0.1, 0.15) is 5.82 Å². The standard InChI is InChI=1S/C23H28FNOS/c1-17(2)27-22-12-6-18(7-13-22)15-23(26)25-14-4-3-5-20(16-25)19-8-10-21(24)11-9-19/h6-13,17,20H,3-5,14-16H2,1-2H3. The summed E-state index contributed by atoms with van der Waals surface area (Å²) in [5, 5.41) is 0.554. The molecule has 4 heteroatoms. The SMILES string of the molecule is CC(C)Sc1ccc(CC(=O)N2CCCCC(c3ccc(F)cc3)C2)cc1. The minimum absolute atomic E-state index is 0.188. The Morgan fingerprint density at radius 3 is 2.48 bits per heavy atom. The first kappa shape index (κ1) is 19.9. The number of halogens is 1. The molecule has 1 heterocycles. The van der Waals surface area contributed by atoms with Crippen LogP contribution in [0, 0.1) is 5.82 Å². The molecule has 3 rings (SSSR count). The summed E-state index contributed by atoms with van der Waals surface area (Å²) >= 11 is 1.83. The maximum Gasteiger partial charge on any atom is 0.227 e. The summed E-state index contributed by atoms with van der Waals surface area (Å²) in [5.41, 5.74) is 2.20. The van der Waals surface area contributed by atoms with Gasteiger partial charge >= 0.3 is 0 Å². The number of carbonyl (C=O) groups is 1. The largest absolute Gasteiger partial charge is 0.342 e. The predicted octanol–water partition coefficient (Wildman–Crippen LogP) is 5.67. The maximum atomic E-state index is 13.2. The van der Waals surface area contributed by atoms with Crippen LogP contribution in [0.25, 0.3) is 0 Å². The quantitative estimate of drug-likeness (QED) is 0.619. The first-order valence-electron chi connectivity index (χ1n) is 9.80. The molecule has 0 spiro atoms. The fourth-order valence-electron chi connectivity index (χ4n) is 3.62. The van der Waals surface area contributed by atoms with E-state index in [2.05, 4.69) is 38.1 Å². The highest BCUT2D eigenvalue weighted by atomic mass is 32.2. The smallest absolute Gasteiger partial charge is 0.227 e. The second-order valence-corrected chi connectivity index (χ2v) is 9.22. The summed E-state index contributed by atoms with van der Waals surface area (Å²) < 4.78 is 13.2. The minimum atomic E-state index is -0.209. The Kier molecular flexibility index (Phi) is 6.95. The van der Waals surface area contributed by atoms with Crippen molar-refractivity contribution >= 4 is 17.7 Å². The van der Waals surface area contributed by atoms with Gasteiger partial charge in [0.25, 0.3) is 0 Å². The molecule has 27 heavy (non-hydrogen) atoms. The summed E-state index contributed by atoms with van der Waals surface area (Å²) in [6, 6.07) is 15.1. The molecule has 0 bridgehead atoms. The van der Waals surface area contributed by atoms with E-state index in [0.717, 1.165) is 43.5 Å². The topological polar surface area (TPSA) is 20.3 Å². The van der Waals surface area contributed by atoms with E-state index >= 15 is 0 Å². The second-order valence-electron chi connectivity index (χ2n) is 7.57. The van der Waals surface area contributed by atoms with Crippen molar-refractivity contribution in [2.75, 3.05) is 13.1 Å². The lowest BCUT2D eigenvalue weighted by Gasteiger charge is -2.25. The summed E-state index contributed by atoms with van der Waals surface area (Å²) in [4.78, 5) is 16.1. The summed E-state index contributed by atoms with van der Waals surface area (Å²) in [5.74, 6) is 0.273. The second kappa shape index (κ2) is 9.41. The Morgan fingerprint density at radius 2 is 1.81 bits per heavy atom. The van der Waals surface area contributed by atoms with Gasteiger partial charge < -0.3 is 4.90 Å². The molecule has 2 nitrogen and oxygen atoms in total. The zero-order valence-electron chi connectivity index (χ0n) is 16.2. The molecule has 1 amide bonds. The molecule has 1 saturated heterocycles. The van der Waals surface area contributed by atoms with E-state index < -0.39 is 0 Å². The number of carbonyl (C=O) groups excluding carboxylic acids is 1. The van der Waals surface area contributed by atoms with Gasteiger partial charge in [0, 0.05) is 29.2 Å². The number of hydrogen-bond donors (Lipinski definition) is 0. The van der Waals surface area contributed by atoms with E-state index in [1.165, 1.54) is 17.0 Å². The predicted molar refractivity (Wildman–Crippen MR) is 111 cm³/mol. The number of nitrogens with zero attached hydrogens (tertiary/aromatic N) is 1. The average molecular weight is 386 g/mol. The van der Waals surface area contributed by atoms with Crippen LogP contribution in [0.2, 0.25) is 0 Å². The third-order valence-corrected chi connectivity index (χ3v) is 6.03. The van der Waals surface area contributed by atoms with Gasteiger partial charge in [-0.1, -0.05) is 44.5 Å². The molecule has 0 aliphatic carbocycles. The van der Waals surface area contributed by atoms with Crippen LogP contribution in [0.1, 0.15) is 50.2 Å². The first-order chi connectivity index (χ1) is 13.0. The van der Waals surface area contributed by atoms with Crippen LogP contribution in [-0.2, 0) is 11.2 Å². The Hall–Kier alpha value is -1.81. The van der Waals surface area contributed by atoms with Crippen LogP contribution in [0.4, 0.5) is 4.39 Å². The van der Waals surface area contributed by atoms with Gasteiger partial charge in [-0.3, -0.25) is 4.79 Å². The van der Waals surface area contributed by atoms with E-state index in [0.29, 0.717) is 17.6 Å². The van der Waals surface area contributed by atoms with Crippen molar-refractivity contribution in [2.45, 2.75) is 55.6 Å². The summed E-state index contributed by atoms with van der Waals surface area (Å²) in [7, 11) is 0. The van der Waals surface area contributed by atoms with Crippen molar-refractivity contribution in [2.24, 2.45) is 0 Å². The van der Waals surface area contributed by atoms with Crippen LogP contribution in [0.5, 0.6) is 0 Å². The molecule has 2 aromatic carbocycles. The Balaban J connectivity index is 1.63. The van der Waals surface area contributed by atoms with E-state index in [9.17, 15) is 9.18 Å². The monoisotopic (exact) mass is 385 g/mol. The Bertz CT molecular complexity index is 742. The molecule has 2 aromatic rings. The highest BCUT2D eigenvalue weighted by Gasteiger charge is 2.23. The van der Waals surface area contributed by atoms with E-state index in [1.807, 2.05) is 28.8 Å². The molecule has 1 aliphatic rings.